The maximum atomic E-state index is 13.4. The Balaban J connectivity index is 1.48. The van der Waals surface area contributed by atoms with E-state index in [1.165, 1.54) is 24.2 Å². The van der Waals surface area contributed by atoms with Gasteiger partial charge in [0, 0.05) is 31.4 Å². The van der Waals surface area contributed by atoms with Crippen molar-refractivity contribution in [3.8, 4) is 0 Å². The van der Waals surface area contributed by atoms with Gasteiger partial charge in [0.15, 0.2) is 0 Å². The lowest BCUT2D eigenvalue weighted by Crippen LogP contribution is -2.39. The summed E-state index contributed by atoms with van der Waals surface area (Å²) in [4.78, 5) is 28.5. The van der Waals surface area contributed by atoms with Gasteiger partial charge in [0.1, 0.15) is 17.6 Å². The zero-order valence-electron chi connectivity index (χ0n) is 13.4. The molecule has 2 amide bonds. The molecule has 0 radical (unpaired) electrons. The van der Waals surface area contributed by atoms with Crippen molar-refractivity contribution in [2.75, 3.05) is 24.5 Å². The molecular weight excluding hydrogens is 314 g/mol. The highest BCUT2D eigenvalue weighted by atomic mass is 19.1. The number of likely N-dealkylation sites (tertiary alicyclic amines) is 1. The van der Waals surface area contributed by atoms with Crippen LogP contribution in [0, 0.1) is 29.4 Å². The van der Waals surface area contributed by atoms with Crippen molar-refractivity contribution < 1.29 is 18.4 Å². The lowest BCUT2D eigenvalue weighted by molar-refractivity contribution is -0.139. The maximum Gasteiger partial charge on any atom is 0.239 e. The van der Waals surface area contributed by atoms with Crippen LogP contribution in [-0.4, -0.2) is 36.3 Å². The second-order valence-corrected chi connectivity index (χ2v) is 7.15. The predicted octanol–water partition coefficient (Wildman–Crippen LogP) is 2.58. The van der Waals surface area contributed by atoms with Crippen LogP contribution in [0.2, 0.25) is 0 Å². The third-order valence-electron chi connectivity index (χ3n) is 5.70. The van der Waals surface area contributed by atoms with Crippen LogP contribution in [0.4, 0.5) is 14.5 Å². The first-order valence-electron chi connectivity index (χ1n) is 8.59. The van der Waals surface area contributed by atoms with E-state index in [4.69, 9.17) is 0 Å². The molecule has 0 N–H and O–H groups in total. The summed E-state index contributed by atoms with van der Waals surface area (Å²) in [6.07, 6.45) is 3.98. The number of nitrogens with zero attached hydrogens (tertiary/aromatic N) is 2. The summed E-state index contributed by atoms with van der Waals surface area (Å²) in [6.45, 7) is 1.82. The summed E-state index contributed by atoms with van der Waals surface area (Å²) < 4.78 is 26.8. The molecule has 2 aliphatic heterocycles. The molecule has 24 heavy (non-hydrogen) atoms. The van der Waals surface area contributed by atoms with Gasteiger partial charge in [-0.25, -0.2) is 8.78 Å². The normalized spacial score (nSPS) is 29.4. The van der Waals surface area contributed by atoms with Gasteiger partial charge >= 0.3 is 0 Å². The molecule has 4 nitrogen and oxygen atoms in total. The number of carbonyl (C=O) groups is 2. The molecule has 1 aromatic rings. The quantitative estimate of drug-likeness (QED) is 0.780. The highest BCUT2D eigenvalue weighted by Crippen LogP contribution is 2.39. The van der Waals surface area contributed by atoms with Crippen molar-refractivity contribution in [1.29, 1.82) is 0 Å². The molecule has 2 saturated heterocycles. The van der Waals surface area contributed by atoms with Gasteiger partial charge < -0.3 is 9.80 Å². The number of amides is 2. The second kappa shape index (κ2) is 5.83. The Labute approximate surface area is 139 Å². The topological polar surface area (TPSA) is 40.6 Å². The van der Waals surface area contributed by atoms with Crippen LogP contribution in [-0.2, 0) is 9.59 Å². The lowest BCUT2D eigenvalue weighted by atomic mass is 10.0. The van der Waals surface area contributed by atoms with E-state index in [2.05, 4.69) is 0 Å². The average Bonchev–Trinajstić information content (AvgIpc) is 3.19. The zero-order chi connectivity index (χ0) is 16.8. The molecule has 1 aromatic carbocycles. The number of halogens is 2. The smallest absolute Gasteiger partial charge is 0.239 e. The Morgan fingerprint density at radius 1 is 1.00 bits per heavy atom. The Morgan fingerprint density at radius 2 is 1.62 bits per heavy atom. The van der Waals surface area contributed by atoms with Crippen LogP contribution >= 0.6 is 0 Å². The van der Waals surface area contributed by atoms with Gasteiger partial charge in [-0.2, -0.15) is 0 Å². The minimum atomic E-state index is -0.722. The number of hydrogen-bond donors (Lipinski definition) is 0. The number of benzene rings is 1. The van der Waals surface area contributed by atoms with Crippen molar-refractivity contribution >= 4 is 17.5 Å². The first-order valence-corrected chi connectivity index (χ1v) is 8.59. The first-order chi connectivity index (χ1) is 11.5. The molecule has 3 atom stereocenters. The van der Waals surface area contributed by atoms with Gasteiger partial charge in [0.25, 0.3) is 0 Å². The van der Waals surface area contributed by atoms with Crippen molar-refractivity contribution in [1.82, 2.24) is 4.90 Å². The minimum Gasteiger partial charge on any atom is -0.341 e. The third-order valence-corrected chi connectivity index (χ3v) is 5.70. The maximum absolute atomic E-state index is 13.4. The van der Waals surface area contributed by atoms with Crippen LogP contribution in [0.25, 0.3) is 0 Å². The standard InChI is InChI=1S/C18H20F2N2O2/c19-13-6-14(20)8-15(7-13)22-5-4-16(18(22)24)17(23)21-9-11-2-1-3-12(11)10-21/h6-8,11-12,16H,1-5,9-10H2/t11-,12+,16-/m0/s1. The largest absolute Gasteiger partial charge is 0.341 e. The molecule has 3 fully saturated rings. The van der Waals surface area contributed by atoms with E-state index in [9.17, 15) is 18.4 Å². The van der Waals surface area contributed by atoms with E-state index in [0.717, 1.165) is 31.3 Å². The van der Waals surface area contributed by atoms with Crippen LogP contribution in [0.5, 0.6) is 0 Å². The fourth-order valence-corrected chi connectivity index (χ4v) is 4.50. The second-order valence-electron chi connectivity index (χ2n) is 7.15. The number of rotatable bonds is 2. The summed E-state index contributed by atoms with van der Waals surface area (Å²) in [6, 6.07) is 3.04. The summed E-state index contributed by atoms with van der Waals surface area (Å²) in [5.41, 5.74) is 0.186. The number of hydrogen-bond acceptors (Lipinski definition) is 2. The molecular formula is C18H20F2N2O2. The molecule has 0 bridgehead atoms. The van der Waals surface area contributed by atoms with E-state index >= 15 is 0 Å². The molecule has 4 rings (SSSR count). The predicted molar refractivity (Wildman–Crippen MR) is 84.2 cm³/mol. The summed E-state index contributed by atoms with van der Waals surface area (Å²) in [5.74, 6) is -1.45. The fraction of sp³-hybridized carbons (Fsp3) is 0.556. The molecule has 0 aromatic heterocycles. The van der Waals surface area contributed by atoms with E-state index in [1.807, 2.05) is 4.90 Å². The highest BCUT2D eigenvalue weighted by Gasteiger charge is 2.44. The Bertz CT molecular complexity index is 661. The molecule has 0 unspecified atom stereocenters. The van der Waals surface area contributed by atoms with Gasteiger partial charge in [0.05, 0.1) is 0 Å². The van der Waals surface area contributed by atoms with Gasteiger partial charge in [-0.1, -0.05) is 6.42 Å². The first kappa shape index (κ1) is 15.5. The Kier molecular flexibility index (Phi) is 3.77. The van der Waals surface area contributed by atoms with Gasteiger partial charge in [0.2, 0.25) is 11.8 Å². The summed E-state index contributed by atoms with van der Waals surface area (Å²) in [7, 11) is 0. The molecule has 128 valence electrons. The number of carbonyl (C=O) groups excluding carboxylic acids is 2. The monoisotopic (exact) mass is 334 g/mol. The number of fused-ring (bicyclic) bond motifs is 1. The SMILES string of the molecule is O=C([C@@H]1CCN(c2cc(F)cc(F)c2)C1=O)N1C[C@H]2CCC[C@H]2C1. The van der Waals surface area contributed by atoms with Crippen molar-refractivity contribution in [2.45, 2.75) is 25.7 Å². The van der Waals surface area contributed by atoms with E-state index < -0.39 is 17.6 Å². The van der Waals surface area contributed by atoms with E-state index in [0.29, 0.717) is 24.8 Å². The Morgan fingerprint density at radius 3 is 2.25 bits per heavy atom. The summed E-state index contributed by atoms with van der Waals surface area (Å²) >= 11 is 0. The fourth-order valence-electron chi connectivity index (χ4n) is 4.50. The van der Waals surface area contributed by atoms with E-state index in [1.54, 1.807) is 0 Å². The molecule has 2 heterocycles. The molecule has 3 aliphatic rings. The third kappa shape index (κ3) is 2.58. The van der Waals surface area contributed by atoms with Gasteiger partial charge in [-0.15, -0.1) is 0 Å². The Hall–Kier alpha value is -1.98. The molecule has 0 spiro atoms. The van der Waals surface area contributed by atoms with Crippen LogP contribution in [0.15, 0.2) is 18.2 Å². The zero-order valence-corrected chi connectivity index (χ0v) is 13.4. The van der Waals surface area contributed by atoms with Crippen molar-refractivity contribution in [2.24, 2.45) is 17.8 Å². The lowest BCUT2D eigenvalue weighted by Gasteiger charge is -2.21. The van der Waals surface area contributed by atoms with Gasteiger partial charge in [-0.3, -0.25) is 9.59 Å². The van der Waals surface area contributed by atoms with Crippen LogP contribution in [0.1, 0.15) is 25.7 Å². The van der Waals surface area contributed by atoms with Crippen LogP contribution in [0.3, 0.4) is 0 Å². The van der Waals surface area contributed by atoms with E-state index in [-0.39, 0.29) is 17.5 Å². The average molecular weight is 334 g/mol. The summed E-state index contributed by atoms with van der Waals surface area (Å²) in [5, 5.41) is 0. The van der Waals surface area contributed by atoms with Crippen molar-refractivity contribution in [3.63, 3.8) is 0 Å². The highest BCUT2D eigenvalue weighted by molar-refractivity contribution is 6.09. The molecule has 1 aliphatic carbocycles. The molecule has 6 heteroatoms. The van der Waals surface area contributed by atoms with Crippen molar-refractivity contribution in [3.05, 3.63) is 29.8 Å². The van der Waals surface area contributed by atoms with Crippen LogP contribution < -0.4 is 4.90 Å². The van der Waals surface area contributed by atoms with Gasteiger partial charge in [-0.05, 0) is 43.2 Å². The minimum absolute atomic E-state index is 0.117. The number of anilines is 1. The molecule has 1 saturated carbocycles.